The highest BCUT2D eigenvalue weighted by atomic mass is 32.2. The Kier molecular flexibility index (Phi) is 2.46. The first-order valence-corrected chi connectivity index (χ1v) is 4.00. The average molecular weight is 139 g/mol. The molecule has 0 saturated heterocycles. The predicted molar refractivity (Wildman–Crippen MR) is 43.6 cm³/mol. The zero-order chi connectivity index (χ0) is 6.53. The molecule has 0 bridgehead atoms. The molecule has 1 nitrogen and oxygen atoms in total. The van der Waals surface area contributed by atoms with Gasteiger partial charge >= 0.3 is 0 Å². The molecule has 1 rings (SSSR count). The molecule has 1 aromatic rings. The Balaban J connectivity index is 2.61. The lowest BCUT2D eigenvalue weighted by atomic mass is 10.3. The highest BCUT2D eigenvalue weighted by molar-refractivity contribution is 7.99. The van der Waals surface area contributed by atoms with Gasteiger partial charge in [0.15, 0.2) is 0 Å². The van der Waals surface area contributed by atoms with Gasteiger partial charge in [0.1, 0.15) is 0 Å². The summed E-state index contributed by atoms with van der Waals surface area (Å²) in [4.78, 5) is 0. The topological polar surface area (TPSA) is 12.0 Å². The van der Waals surface area contributed by atoms with Crippen LogP contribution in [0.5, 0.6) is 0 Å². The Morgan fingerprint density at radius 1 is 1.22 bits per heavy atom. The number of rotatable bonds is 2. The summed E-state index contributed by atoms with van der Waals surface area (Å²) in [5.74, 6) is 0. The average Bonchev–Trinajstić information content (AvgIpc) is 1.91. The quantitative estimate of drug-likeness (QED) is 0.631. The van der Waals surface area contributed by atoms with E-state index in [9.17, 15) is 0 Å². The van der Waals surface area contributed by atoms with E-state index < -0.39 is 0 Å². The molecular weight excluding hydrogens is 130 g/mol. The van der Waals surface area contributed by atoms with Crippen LogP contribution in [0.2, 0.25) is 0 Å². The number of anilines is 1. The Morgan fingerprint density at radius 2 is 1.89 bits per heavy atom. The van der Waals surface area contributed by atoms with Crippen molar-refractivity contribution in [3.8, 4) is 0 Å². The third-order valence-electron chi connectivity index (χ3n) is 0.994. The lowest BCUT2D eigenvalue weighted by Gasteiger charge is -1.98. The highest BCUT2D eigenvalue weighted by Gasteiger charge is 1.82. The molecule has 0 aliphatic heterocycles. The zero-order valence-corrected chi connectivity index (χ0v) is 6.11. The number of para-hydroxylation sites is 1. The van der Waals surface area contributed by atoms with Crippen molar-refractivity contribution in [2.45, 2.75) is 0 Å². The molecule has 48 valence electrons. The van der Waals surface area contributed by atoms with Crippen molar-refractivity contribution in [2.24, 2.45) is 0 Å². The minimum Gasteiger partial charge on any atom is -0.330 e. The van der Waals surface area contributed by atoms with Gasteiger partial charge in [-0.25, -0.2) is 0 Å². The molecule has 0 aliphatic rings. The lowest BCUT2D eigenvalue weighted by molar-refractivity contribution is 1.68. The van der Waals surface area contributed by atoms with Gasteiger partial charge in [0, 0.05) is 11.9 Å². The molecule has 0 amide bonds. The van der Waals surface area contributed by atoms with Crippen molar-refractivity contribution in [3.63, 3.8) is 0 Å². The number of hydrogen-bond donors (Lipinski definition) is 1. The van der Waals surface area contributed by atoms with Gasteiger partial charge in [-0.1, -0.05) is 30.1 Å². The van der Waals surface area contributed by atoms with Crippen LogP contribution < -0.4 is 4.72 Å². The highest BCUT2D eigenvalue weighted by Crippen LogP contribution is 2.08. The van der Waals surface area contributed by atoms with E-state index in [1.165, 1.54) is 0 Å². The monoisotopic (exact) mass is 139 g/mol. The van der Waals surface area contributed by atoms with Gasteiger partial charge < -0.3 is 4.72 Å². The van der Waals surface area contributed by atoms with Crippen molar-refractivity contribution in [3.05, 3.63) is 30.3 Å². The molecular formula is C7H9NS. The Labute approximate surface area is 59.6 Å². The van der Waals surface area contributed by atoms with Gasteiger partial charge in [-0.2, -0.15) is 0 Å². The van der Waals surface area contributed by atoms with E-state index in [1.807, 2.05) is 36.6 Å². The fourth-order valence-electron chi connectivity index (χ4n) is 0.624. The first-order chi connectivity index (χ1) is 4.43. The van der Waals surface area contributed by atoms with Gasteiger partial charge in [0.05, 0.1) is 0 Å². The molecule has 0 radical (unpaired) electrons. The summed E-state index contributed by atoms with van der Waals surface area (Å²) in [6, 6.07) is 10.1. The largest absolute Gasteiger partial charge is 0.330 e. The summed E-state index contributed by atoms with van der Waals surface area (Å²) >= 11 is 1.60. The SMILES string of the molecule is CSNc1ccccc1. The molecule has 9 heavy (non-hydrogen) atoms. The van der Waals surface area contributed by atoms with E-state index >= 15 is 0 Å². The maximum atomic E-state index is 3.12. The number of benzene rings is 1. The van der Waals surface area contributed by atoms with Crippen LogP contribution in [0, 0.1) is 0 Å². The molecule has 0 spiro atoms. The summed E-state index contributed by atoms with van der Waals surface area (Å²) < 4.78 is 3.12. The van der Waals surface area contributed by atoms with Gasteiger partial charge in [-0.05, 0) is 12.1 Å². The van der Waals surface area contributed by atoms with Crippen LogP contribution in [0.4, 0.5) is 5.69 Å². The van der Waals surface area contributed by atoms with Crippen molar-refractivity contribution in [2.75, 3.05) is 11.0 Å². The molecule has 1 N–H and O–H groups in total. The van der Waals surface area contributed by atoms with Crippen molar-refractivity contribution < 1.29 is 0 Å². The second kappa shape index (κ2) is 3.41. The fraction of sp³-hybridized carbons (Fsp3) is 0.143. The van der Waals surface area contributed by atoms with E-state index in [2.05, 4.69) is 4.72 Å². The molecule has 1 aromatic carbocycles. The Morgan fingerprint density at radius 3 is 2.44 bits per heavy atom. The van der Waals surface area contributed by atoms with Crippen LogP contribution in [0.3, 0.4) is 0 Å². The zero-order valence-electron chi connectivity index (χ0n) is 5.29. The third kappa shape index (κ3) is 1.98. The summed E-state index contributed by atoms with van der Waals surface area (Å²) in [6.07, 6.45) is 2.01. The van der Waals surface area contributed by atoms with Crippen molar-refractivity contribution >= 4 is 17.6 Å². The Bertz CT molecular complexity index is 162. The Hall–Kier alpha value is -0.630. The van der Waals surface area contributed by atoms with Gasteiger partial charge in [-0.3, -0.25) is 0 Å². The van der Waals surface area contributed by atoms with E-state index in [-0.39, 0.29) is 0 Å². The van der Waals surface area contributed by atoms with Crippen LogP contribution in [0.1, 0.15) is 0 Å². The van der Waals surface area contributed by atoms with Crippen LogP contribution >= 0.6 is 11.9 Å². The van der Waals surface area contributed by atoms with E-state index in [0.717, 1.165) is 5.69 Å². The lowest BCUT2D eigenvalue weighted by Crippen LogP contribution is -1.81. The van der Waals surface area contributed by atoms with Crippen LogP contribution in [0.25, 0.3) is 0 Å². The van der Waals surface area contributed by atoms with E-state index in [4.69, 9.17) is 0 Å². The van der Waals surface area contributed by atoms with Gasteiger partial charge in [0.25, 0.3) is 0 Å². The predicted octanol–water partition coefficient (Wildman–Crippen LogP) is 2.38. The van der Waals surface area contributed by atoms with Gasteiger partial charge in [-0.15, -0.1) is 0 Å². The first kappa shape index (κ1) is 6.49. The normalized spacial score (nSPS) is 9.00. The standard InChI is InChI=1S/C7H9NS/c1-9-8-7-5-3-2-4-6-7/h2-6,8H,1H3. The summed E-state index contributed by atoms with van der Waals surface area (Å²) in [6.45, 7) is 0. The fourth-order valence-corrected chi connectivity index (χ4v) is 0.996. The molecule has 0 fully saturated rings. The maximum absolute atomic E-state index is 3.12. The summed E-state index contributed by atoms with van der Waals surface area (Å²) in [5.41, 5.74) is 1.16. The third-order valence-corrected chi connectivity index (χ3v) is 1.43. The molecule has 0 aromatic heterocycles. The van der Waals surface area contributed by atoms with Crippen LogP contribution in [-0.4, -0.2) is 6.26 Å². The summed E-state index contributed by atoms with van der Waals surface area (Å²) in [5, 5.41) is 0. The van der Waals surface area contributed by atoms with Crippen molar-refractivity contribution in [1.82, 2.24) is 0 Å². The number of hydrogen-bond acceptors (Lipinski definition) is 2. The van der Waals surface area contributed by atoms with E-state index in [0.29, 0.717) is 0 Å². The first-order valence-electron chi connectivity index (χ1n) is 2.77. The smallest absolute Gasteiger partial charge is 0.0439 e. The molecule has 0 aliphatic carbocycles. The minimum absolute atomic E-state index is 1.16. The molecule has 0 unspecified atom stereocenters. The van der Waals surface area contributed by atoms with Crippen molar-refractivity contribution in [1.29, 1.82) is 0 Å². The molecule has 0 saturated carbocycles. The van der Waals surface area contributed by atoms with Crippen LogP contribution in [0.15, 0.2) is 30.3 Å². The molecule has 2 heteroatoms. The molecule has 0 heterocycles. The second-order valence-electron chi connectivity index (χ2n) is 1.67. The maximum Gasteiger partial charge on any atom is 0.0439 e. The van der Waals surface area contributed by atoms with Gasteiger partial charge in [0.2, 0.25) is 0 Å². The van der Waals surface area contributed by atoms with Crippen LogP contribution in [-0.2, 0) is 0 Å². The van der Waals surface area contributed by atoms with E-state index in [1.54, 1.807) is 11.9 Å². The minimum atomic E-state index is 1.16. The summed E-state index contributed by atoms with van der Waals surface area (Å²) in [7, 11) is 0. The second-order valence-corrected chi connectivity index (χ2v) is 2.28. The molecule has 0 atom stereocenters. The number of nitrogens with one attached hydrogen (secondary N) is 1.